The monoisotopic (exact) mass is 279 g/mol. The predicted molar refractivity (Wildman–Crippen MR) is 71.1 cm³/mol. The summed E-state index contributed by atoms with van der Waals surface area (Å²) in [6.45, 7) is 0. The molecule has 0 saturated carbocycles. The van der Waals surface area contributed by atoms with Crippen molar-refractivity contribution in [3.05, 3.63) is 24.3 Å². The number of benzene rings is 1. The van der Waals surface area contributed by atoms with Gasteiger partial charge < -0.3 is 10.1 Å². The maximum atomic E-state index is 11.8. The van der Waals surface area contributed by atoms with Gasteiger partial charge in [0.05, 0.1) is 12.9 Å². The van der Waals surface area contributed by atoms with Crippen LogP contribution in [0, 0.1) is 0 Å². The van der Waals surface area contributed by atoms with Crippen molar-refractivity contribution in [1.29, 1.82) is 0 Å². The van der Waals surface area contributed by atoms with E-state index in [4.69, 9.17) is 4.74 Å². The highest BCUT2D eigenvalue weighted by atomic mass is 32.2. The lowest BCUT2D eigenvalue weighted by Gasteiger charge is -2.06. The first-order valence-corrected chi connectivity index (χ1v) is 6.46. The van der Waals surface area contributed by atoms with E-state index >= 15 is 0 Å². The summed E-state index contributed by atoms with van der Waals surface area (Å²) in [7, 11) is 3.31. The Labute approximate surface area is 114 Å². The number of carbonyl (C=O) groups is 1. The van der Waals surface area contributed by atoms with Crippen LogP contribution in [0.2, 0.25) is 0 Å². The lowest BCUT2D eigenvalue weighted by molar-refractivity contribution is -0.113. The van der Waals surface area contributed by atoms with E-state index in [9.17, 15) is 4.79 Å². The molecule has 0 fully saturated rings. The number of aryl methyl sites for hydroxylation is 1. The Balaban J connectivity index is 1.89. The molecule has 0 aliphatic carbocycles. The SMILES string of the molecule is COc1cccc(NC(=O)CSc2nnnn2C)c1. The normalized spacial score (nSPS) is 10.2. The second kappa shape index (κ2) is 6.19. The van der Waals surface area contributed by atoms with E-state index < -0.39 is 0 Å². The third-order valence-electron chi connectivity index (χ3n) is 2.27. The van der Waals surface area contributed by atoms with E-state index in [1.54, 1.807) is 26.3 Å². The molecule has 0 bridgehead atoms. The molecule has 7 nitrogen and oxygen atoms in total. The number of hydrogen-bond acceptors (Lipinski definition) is 6. The molecule has 0 saturated heterocycles. The largest absolute Gasteiger partial charge is 0.497 e. The number of aromatic nitrogens is 4. The first kappa shape index (κ1) is 13.3. The lowest BCUT2D eigenvalue weighted by atomic mass is 10.3. The molecule has 0 unspecified atom stereocenters. The van der Waals surface area contributed by atoms with E-state index in [1.165, 1.54) is 16.4 Å². The quantitative estimate of drug-likeness (QED) is 0.821. The first-order valence-electron chi connectivity index (χ1n) is 5.48. The molecule has 0 atom stereocenters. The first-order chi connectivity index (χ1) is 9.19. The maximum Gasteiger partial charge on any atom is 0.234 e. The fourth-order valence-electron chi connectivity index (χ4n) is 1.37. The van der Waals surface area contributed by atoms with Gasteiger partial charge in [0.1, 0.15) is 5.75 Å². The van der Waals surface area contributed by atoms with Crippen LogP contribution in [0.5, 0.6) is 5.75 Å². The summed E-state index contributed by atoms with van der Waals surface area (Å²) in [6, 6.07) is 7.19. The smallest absolute Gasteiger partial charge is 0.234 e. The van der Waals surface area contributed by atoms with Crippen LogP contribution >= 0.6 is 11.8 Å². The van der Waals surface area contributed by atoms with Crippen molar-refractivity contribution in [2.75, 3.05) is 18.2 Å². The number of carbonyl (C=O) groups excluding carboxylic acids is 1. The predicted octanol–water partition coefficient (Wildman–Crippen LogP) is 0.949. The molecule has 1 aromatic carbocycles. The van der Waals surface area contributed by atoms with E-state index in [1.807, 2.05) is 12.1 Å². The second-order valence-corrected chi connectivity index (χ2v) is 4.60. The summed E-state index contributed by atoms with van der Waals surface area (Å²) in [5, 5.41) is 14.4. The summed E-state index contributed by atoms with van der Waals surface area (Å²) in [5.74, 6) is 0.815. The van der Waals surface area contributed by atoms with Crippen molar-refractivity contribution in [2.24, 2.45) is 7.05 Å². The molecular weight excluding hydrogens is 266 g/mol. The number of methoxy groups -OCH3 is 1. The van der Waals surface area contributed by atoms with Crippen LogP contribution in [0.25, 0.3) is 0 Å². The lowest BCUT2D eigenvalue weighted by Crippen LogP contribution is -2.14. The zero-order chi connectivity index (χ0) is 13.7. The van der Waals surface area contributed by atoms with E-state index in [2.05, 4.69) is 20.8 Å². The molecule has 2 aromatic rings. The van der Waals surface area contributed by atoms with Gasteiger partial charge in [-0.1, -0.05) is 17.8 Å². The average molecular weight is 279 g/mol. The van der Waals surface area contributed by atoms with Gasteiger partial charge in [-0.15, -0.1) is 5.10 Å². The maximum absolute atomic E-state index is 11.8. The van der Waals surface area contributed by atoms with Gasteiger partial charge in [0, 0.05) is 18.8 Å². The number of rotatable bonds is 5. The topological polar surface area (TPSA) is 81.9 Å². The average Bonchev–Trinajstić information content (AvgIpc) is 2.82. The molecular formula is C11H13N5O2S. The van der Waals surface area contributed by atoms with Crippen LogP contribution in [-0.2, 0) is 11.8 Å². The Bertz CT molecular complexity index is 572. The summed E-state index contributed by atoms with van der Waals surface area (Å²) in [5.41, 5.74) is 0.695. The van der Waals surface area contributed by atoms with Crippen molar-refractivity contribution < 1.29 is 9.53 Å². The van der Waals surface area contributed by atoms with Gasteiger partial charge in [0.2, 0.25) is 11.1 Å². The minimum atomic E-state index is -0.124. The summed E-state index contributed by atoms with van der Waals surface area (Å²) < 4.78 is 6.60. The highest BCUT2D eigenvalue weighted by molar-refractivity contribution is 7.99. The number of anilines is 1. The standard InChI is InChI=1S/C11H13N5O2S/c1-16-11(13-14-15-16)19-7-10(17)12-8-4-3-5-9(6-8)18-2/h3-6H,7H2,1-2H3,(H,12,17). The number of amides is 1. The van der Waals surface area contributed by atoms with Crippen LogP contribution in [0.1, 0.15) is 0 Å². The van der Waals surface area contributed by atoms with Crippen LogP contribution in [0.3, 0.4) is 0 Å². The summed E-state index contributed by atoms with van der Waals surface area (Å²) in [6.07, 6.45) is 0. The molecule has 8 heteroatoms. The van der Waals surface area contributed by atoms with E-state index in [-0.39, 0.29) is 11.7 Å². The van der Waals surface area contributed by atoms with Crippen molar-refractivity contribution >= 4 is 23.4 Å². The Morgan fingerprint density at radius 1 is 1.53 bits per heavy atom. The second-order valence-electron chi connectivity index (χ2n) is 3.65. The minimum Gasteiger partial charge on any atom is -0.497 e. The van der Waals surface area contributed by atoms with Crippen LogP contribution < -0.4 is 10.1 Å². The van der Waals surface area contributed by atoms with Crippen LogP contribution in [0.15, 0.2) is 29.4 Å². The molecule has 1 amide bonds. The Kier molecular flexibility index (Phi) is 4.35. The van der Waals surface area contributed by atoms with Gasteiger partial charge in [0.15, 0.2) is 0 Å². The molecule has 0 aliphatic heterocycles. The molecule has 19 heavy (non-hydrogen) atoms. The highest BCUT2D eigenvalue weighted by Crippen LogP contribution is 2.18. The number of tetrazole rings is 1. The fraction of sp³-hybridized carbons (Fsp3) is 0.273. The summed E-state index contributed by atoms with van der Waals surface area (Å²) >= 11 is 1.27. The zero-order valence-corrected chi connectivity index (χ0v) is 11.3. The number of nitrogens with one attached hydrogen (secondary N) is 1. The third-order valence-corrected chi connectivity index (χ3v) is 3.28. The van der Waals surface area contributed by atoms with Gasteiger partial charge in [-0.3, -0.25) is 4.79 Å². The van der Waals surface area contributed by atoms with Gasteiger partial charge in [0.25, 0.3) is 0 Å². The number of hydrogen-bond donors (Lipinski definition) is 1. The van der Waals surface area contributed by atoms with Crippen molar-refractivity contribution in [1.82, 2.24) is 20.2 Å². The van der Waals surface area contributed by atoms with Gasteiger partial charge >= 0.3 is 0 Å². The molecule has 0 spiro atoms. The molecule has 0 radical (unpaired) electrons. The number of nitrogens with zero attached hydrogens (tertiary/aromatic N) is 4. The Morgan fingerprint density at radius 2 is 2.37 bits per heavy atom. The molecule has 1 N–H and O–H groups in total. The van der Waals surface area contributed by atoms with Gasteiger partial charge in [-0.2, -0.15) is 0 Å². The molecule has 0 aliphatic rings. The fourth-order valence-corrected chi connectivity index (χ4v) is 2.02. The zero-order valence-electron chi connectivity index (χ0n) is 10.5. The summed E-state index contributed by atoms with van der Waals surface area (Å²) in [4.78, 5) is 11.8. The van der Waals surface area contributed by atoms with Gasteiger partial charge in [-0.05, 0) is 22.6 Å². The molecule has 100 valence electrons. The molecule has 1 heterocycles. The van der Waals surface area contributed by atoms with Gasteiger partial charge in [-0.25, -0.2) is 4.68 Å². The molecule has 2 rings (SSSR count). The Morgan fingerprint density at radius 3 is 3.05 bits per heavy atom. The van der Waals surface area contributed by atoms with E-state index in [0.29, 0.717) is 16.6 Å². The van der Waals surface area contributed by atoms with Crippen LogP contribution in [-0.4, -0.2) is 39.0 Å². The number of ether oxygens (including phenoxy) is 1. The Hall–Kier alpha value is -2.09. The van der Waals surface area contributed by atoms with Crippen molar-refractivity contribution in [2.45, 2.75) is 5.16 Å². The minimum absolute atomic E-state index is 0.124. The van der Waals surface area contributed by atoms with Crippen molar-refractivity contribution in [3.8, 4) is 5.75 Å². The van der Waals surface area contributed by atoms with Crippen molar-refractivity contribution in [3.63, 3.8) is 0 Å². The molecule has 1 aromatic heterocycles. The van der Waals surface area contributed by atoms with Crippen LogP contribution in [0.4, 0.5) is 5.69 Å². The number of thioether (sulfide) groups is 1. The van der Waals surface area contributed by atoms with E-state index in [0.717, 1.165) is 0 Å². The third kappa shape index (κ3) is 3.68. The highest BCUT2D eigenvalue weighted by Gasteiger charge is 2.08.